The molecule has 2 amide bonds. The highest BCUT2D eigenvalue weighted by Crippen LogP contribution is 2.31. The molecule has 1 aliphatic carbocycles. The van der Waals surface area contributed by atoms with E-state index in [0.29, 0.717) is 23.6 Å². The second kappa shape index (κ2) is 7.00. The first kappa shape index (κ1) is 17.1. The van der Waals surface area contributed by atoms with Gasteiger partial charge in [0.05, 0.1) is 31.3 Å². The Morgan fingerprint density at radius 2 is 2.12 bits per heavy atom. The minimum Gasteiger partial charge on any atom is -0.497 e. The second-order valence-electron chi connectivity index (χ2n) is 6.15. The molecule has 8 heteroatoms. The number of carbonyl (C=O) groups excluding carboxylic acids is 1. The third kappa shape index (κ3) is 3.52. The van der Waals surface area contributed by atoms with Crippen LogP contribution in [0.2, 0.25) is 0 Å². The molecule has 1 heterocycles. The highest BCUT2D eigenvalue weighted by Gasteiger charge is 2.24. The Morgan fingerprint density at radius 3 is 2.84 bits per heavy atom. The number of fused-ring (bicyclic) bond motifs is 1. The van der Waals surface area contributed by atoms with Crippen molar-refractivity contribution in [2.24, 2.45) is 7.05 Å². The molecule has 0 spiro atoms. The molecule has 0 saturated carbocycles. The molecule has 8 nitrogen and oxygen atoms in total. The zero-order chi connectivity index (χ0) is 18.0. The lowest BCUT2D eigenvalue weighted by Gasteiger charge is -2.23. The molecule has 1 aromatic carbocycles. The van der Waals surface area contributed by atoms with Gasteiger partial charge in [0.25, 0.3) is 0 Å². The van der Waals surface area contributed by atoms with E-state index in [1.54, 1.807) is 31.0 Å². The van der Waals surface area contributed by atoms with Crippen LogP contribution in [0.5, 0.6) is 11.5 Å². The number of aromatic nitrogens is 3. The lowest BCUT2D eigenvalue weighted by Crippen LogP contribution is -2.41. The van der Waals surface area contributed by atoms with Crippen LogP contribution in [0.25, 0.3) is 0 Å². The Labute approximate surface area is 146 Å². The van der Waals surface area contributed by atoms with Crippen LogP contribution in [0, 0.1) is 6.92 Å². The number of carbonyl (C=O) groups is 1. The van der Waals surface area contributed by atoms with E-state index >= 15 is 0 Å². The van der Waals surface area contributed by atoms with Crippen LogP contribution in [0.1, 0.15) is 23.4 Å². The molecule has 1 aromatic heterocycles. The first-order chi connectivity index (χ1) is 12.0. The van der Waals surface area contributed by atoms with Gasteiger partial charge in [0, 0.05) is 37.2 Å². The first-order valence-corrected chi connectivity index (χ1v) is 8.19. The largest absolute Gasteiger partial charge is 0.497 e. The third-order valence-electron chi connectivity index (χ3n) is 4.57. The van der Waals surface area contributed by atoms with Gasteiger partial charge in [0.15, 0.2) is 0 Å². The van der Waals surface area contributed by atoms with Crippen molar-refractivity contribution >= 4 is 11.7 Å². The normalized spacial score (nSPS) is 16.1. The average Bonchev–Trinajstić information content (AvgIpc) is 2.97. The Kier molecular flexibility index (Phi) is 4.78. The summed E-state index contributed by atoms with van der Waals surface area (Å²) in [5.74, 6) is 1.29. The number of aryl methyl sites for hydroxylation is 1. The quantitative estimate of drug-likeness (QED) is 0.882. The van der Waals surface area contributed by atoms with Gasteiger partial charge in [-0.3, -0.25) is 4.68 Å². The van der Waals surface area contributed by atoms with E-state index in [-0.39, 0.29) is 12.1 Å². The maximum Gasteiger partial charge on any atom is 0.319 e. The topological polar surface area (TPSA) is 90.3 Å². The number of nitrogens with zero attached hydrogens (tertiary/aromatic N) is 3. The summed E-state index contributed by atoms with van der Waals surface area (Å²) < 4.78 is 12.4. The number of hydrogen-bond donors (Lipinski definition) is 2. The summed E-state index contributed by atoms with van der Waals surface area (Å²) >= 11 is 0. The number of anilines is 1. The zero-order valence-corrected chi connectivity index (χ0v) is 14.9. The SMILES string of the molecule is COc1cc(NC(=O)NC2CCc3c(nnn3C)C2)c(C)c(OC)c1. The molecular formula is C17H23N5O3. The van der Waals surface area contributed by atoms with Crippen molar-refractivity contribution < 1.29 is 14.3 Å². The molecule has 0 saturated heterocycles. The summed E-state index contributed by atoms with van der Waals surface area (Å²) in [7, 11) is 5.06. The Hall–Kier alpha value is -2.77. The van der Waals surface area contributed by atoms with Crippen LogP contribution in [0.15, 0.2) is 12.1 Å². The number of methoxy groups -OCH3 is 2. The number of rotatable bonds is 4. The van der Waals surface area contributed by atoms with Crippen LogP contribution in [0.3, 0.4) is 0 Å². The molecule has 1 atom stereocenters. The van der Waals surface area contributed by atoms with Gasteiger partial charge in [0.2, 0.25) is 0 Å². The van der Waals surface area contributed by atoms with Crippen LogP contribution < -0.4 is 20.1 Å². The maximum atomic E-state index is 12.4. The van der Waals surface area contributed by atoms with E-state index in [1.165, 1.54) is 0 Å². The van der Waals surface area contributed by atoms with Crippen LogP contribution in [-0.2, 0) is 19.9 Å². The molecule has 1 unspecified atom stereocenters. The molecule has 0 aliphatic heterocycles. The summed E-state index contributed by atoms with van der Waals surface area (Å²) in [5.41, 5.74) is 3.60. The van der Waals surface area contributed by atoms with Crippen molar-refractivity contribution in [3.05, 3.63) is 29.1 Å². The fourth-order valence-corrected chi connectivity index (χ4v) is 3.12. The van der Waals surface area contributed by atoms with E-state index in [2.05, 4.69) is 20.9 Å². The van der Waals surface area contributed by atoms with E-state index in [4.69, 9.17) is 9.47 Å². The fourth-order valence-electron chi connectivity index (χ4n) is 3.12. The number of hydrogen-bond acceptors (Lipinski definition) is 5. The van der Waals surface area contributed by atoms with Gasteiger partial charge in [-0.1, -0.05) is 5.21 Å². The molecule has 2 aromatic rings. The van der Waals surface area contributed by atoms with Crippen molar-refractivity contribution in [3.8, 4) is 11.5 Å². The van der Waals surface area contributed by atoms with E-state index in [1.807, 2.05) is 14.0 Å². The van der Waals surface area contributed by atoms with E-state index in [0.717, 1.165) is 29.8 Å². The molecule has 0 radical (unpaired) electrons. The standard InChI is InChI=1S/C17H23N5O3/c1-10-13(8-12(24-3)9-16(10)25-4)19-17(23)18-11-5-6-15-14(7-11)20-21-22(15)2/h8-9,11H,5-7H2,1-4H3,(H2,18,19,23). The zero-order valence-electron chi connectivity index (χ0n) is 14.9. The summed E-state index contributed by atoms with van der Waals surface area (Å²) in [4.78, 5) is 12.4. The van der Waals surface area contributed by atoms with Crippen molar-refractivity contribution in [2.75, 3.05) is 19.5 Å². The molecule has 0 bridgehead atoms. The molecule has 1 aliphatic rings. The van der Waals surface area contributed by atoms with Gasteiger partial charge in [-0.05, 0) is 19.8 Å². The van der Waals surface area contributed by atoms with Crippen LogP contribution >= 0.6 is 0 Å². The summed E-state index contributed by atoms with van der Waals surface area (Å²) in [6, 6.07) is 3.35. The number of nitrogens with one attached hydrogen (secondary N) is 2. The molecule has 2 N–H and O–H groups in total. The summed E-state index contributed by atoms with van der Waals surface area (Å²) in [6.07, 6.45) is 2.41. The number of benzene rings is 1. The molecule has 3 rings (SSSR count). The van der Waals surface area contributed by atoms with Gasteiger partial charge >= 0.3 is 6.03 Å². The van der Waals surface area contributed by atoms with E-state index in [9.17, 15) is 4.79 Å². The Balaban J connectivity index is 1.67. The minimum atomic E-state index is -0.254. The lowest BCUT2D eigenvalue weighted by molar-refractivity contribution is 0.247. The smallest absolute Gasteiger partial charge is 0.319 e. The molecule has 25 heavy (non-hydrogen) atoms. The van der Waals surface area contributed by atoms with Gasteiger partial charge in [-0.25, -0.2) is 4.79 Å². The van der Waals surface area contributed by atoms with Gasteiger partial charge in [-0.2, -0.15) is 0 Å². The highest BCUT2D eigenvalue weighted by molar-refractivity contribution is 5.91. The van der Waals surface area contributed by atoms with Gasteiger partial charge in [0.1, 0.15) is 11.5 Å². The first-order valence-electron chi connectivity index (χ1n) is 8.19. The lowest BCUT2D eigenvalue weighted by atomic mass is 9.96. The second-order valence-corrected chi connectivity index (χ2v) is 6.15. The number of amides is 2. The minimum absolute atomic E-state index is 0.0389. The average molecular weight is 345 g/mol. The van der Waals surface area contributed by atoms with Crippen molar-refractivity contribution in [1.29, 1.82) is 0 Å². The fraction of sp³-hybridized carbons (Fsp3) is 0.471. The third-order valence-corrected chi connectivity index (χ3v) is 4.57. The van der Waals surface area contributed by atoms with Crippen molar-refractivity contribution in [2.45, 2.75) is 32.2 Å². The van der Waals surface area contributed by atoms with Crippen molar-refractivity contribution in [1.82, 2.24) is 20.3 Å². The van der Waals surface area contributed by atoms with E-state index < -0.39 is 0 Å². The Bertz CT molecular complexity index is 787. The van der Waals surface area contributed by atoms with Gasteiger partial charge in [-0.15, -0.1) is 5.10 Å². The maximum absolute atomic E-state index is 12.4. The summed E-state index contributed by atoms with van der Waals surface area (Å²) in [5, 5.41) is 14.1. The number of urea groups is 1. The van der Waals surface area contributed by atoms with Gasteiger partial charge < -0.3 is 20.1 Å². The Morgan fingerprint density at radius 1 is 1.32 bits per heavy atom. The highest BCUT2D eigenvalue weighted by atomic mass is 16.5. The predicted molar refractivity (Wildman–Crippen MR) is 93.3 cm³/mol. The predicted octanol–water partition coefficient (Wildman–Crippen LogP) is 1.82. The summed E-state index contributed by atoms with van der Waals surface area (Å²) in [6.45, 7) is 1.89. The van der Waals surface area contributed by atoms with Crippen molar-refractivity contribution in [3.63, 3.8) is 0 Å². The van der Waals surface area contributed by atoms with Crippen LogP contribution in [0.4, 0.5) is 10.5 Å². The number of ether oxygens (including phenoxy) is 2. The monoisotopic (exact) mass is 345 g/mol. The molecule has 134 valence electrons. The molecule has 0 fully saturated rings. The van der Waals surface area contributed by atoms with Crippen LogP contribution in [-0.4, -0.2) is 41.3 Å². The molecular weight excluding hydrogens is 322 g/mol.